The van der Waals surface area contributed by atoms with E-state index in [9.17, 15) is 0 Å². The van der Waals surface area contributed by atoms with Crippen molar-refractivity contribution in [3.05, 3.63) is 157 Å². The van der Waals surface area contributed by atoms with E-state index in [4.69, 9.17) is 0 Å². The van der Waals surface area contributed by atoms with Crippen molar-refractivity contribution >= 4 is 22.7 Å². The monoisotopic (exact) mass is 600 g/mol. The molecule has 0 aliphatic heterocycles. The predicted molar refractivity (Wildman–Crippen MR) is 200 cm³/mol. The van der Waals surface area contributed by atoms with Gasteiger partial charge in [0.1, 0.15) is 0 Å². The Morgan fingerprint density at radius 1 is 0.370 bits per heavy atom. The molecular formula is C44H44N2. The second kappa shape index (κ2) is 14.3. The largest absolute Gasteiger partial charge is 0.356 e. The molecule has 2 N–H and O–H groups in total. The van der Waals surface area contributed by atoms with Gasteiger partial charge in [-0.05, 0) is 130 Å². The fraction of sp³-hybridized carbons (Fsp3) is 0.182. The van der Waals surface area contributed by atoms with Gasteiger partial charge in [-0.1, -0.05) is 113 Å². The summed E-state index contributed by atoms with van der Waals surface area (Å²) in [6.45, 7) is 9.02. The van der Waals surface area contributed by atoms with Gasteiger partial charge in [0, 0.05) is 22.7 Å². The Morgan fingerprint density at radius 3 is 0.957 bits per heavy atom. The SMILES string of the molecule is CCC(C)c1ccc(Nc2ccc(-c3cccc(-c4cccc(-c5ccc(Nc6ccc(C(C)CC)cc6)cc5)c4)c3)cc2)cc1. The Bertz CT molecular complexity index is 1710. The summed E-state index contributed by atoms with van der Waals surface area (Å²) in [5.74, 6) is 1.17. The van der Waals surface area contributed by atoms with Crippen molar-refractivity contribution in [2.45, 2.75) is 52.4 Å². The van der Waals surface area contributed by atoms with E-state index in [1.54, 1.807) is 0 Å². The zero-order valence-electron chi connectivity index (χ0n) is 27.4. The topological polar surface area (TPSA) is 24.1 Å². The Kier molecular flexibility index (Phi) is 9.65. The average Bonchev–Trinajstić information content (AvgIpc) is 3.12. The van der Waals surface area contributed by atoms with Crippen molar-refractivity contribution in [3.63, 3.8) is 0 Å². The minimum Gasteiger partial charge on any atom is -0.356 e. The third kappa shape index (κ3) is 7.41. The molecule has 0 spiro atoms. The van der Waals surface area contributed by atoms with Crippen LogP contribution < -0.4 is 10.6 Å². The Hall–Kier alpha value is -5.08. The van der Waals surface area contributed by atoms with Crippen LogP contribution in [0.1, 0.15) is 63.5 Å². The number of benzene rings is 6. The Balaban J connectivity index is 1.13. The molecule has 2 nitrogen and oxygen atoms in total. The lowest BCUT2D eigenvalue weighted by Crippen LogP contribution is -1.93. The molecule has 0 fully saturated rings. The van der Waals surface area contributed by atoms with E-state index >= 15 is 0 Å². The normalized spacial score (nSPS) is 12.3. The van der Waals surface area contributed by atoms with Gasteiger partial charge in [0.05, 0.1) is 0 Å². The number of anilines is 4. The Morgan fingerprint density at radius 2 is 0.652 bits per heavy atom. The first-order valence-corrected chi connectivity index (χ1v) is 16.6. The van der Waals surface area contributed by atoms with Gasteiger partial charge in [0.25, 0.3) is 0 Å². The molecule has 6 aromatic carbocycles. The second-order valence-electron chi connectivity index (χ2n) is 12.4. The van der Waals surface area contributed by atoms with Gasteiger partial charge in [0.2, 0.25) is 0 Å². The summed E-state index contributed by atoms with van der Waals surface area (Å²) in [6.07, 6.45) is 2.31. The molecule has 0 aliphatic carbocycles. The van der Waals surface area contributed by atoms with E-state index in [0.717, 1.165) is 35.6 Å². The van der Waals surface area contributed by atoms with Crippen LogP contribution in [0.2, 0.25) is 0 Å². The van der Waals surface area contributed by atoms with Gasteiger partial charge in [-0.15, -0.1) is 0 Å². The fourth-order valence-electron chi connectivity index (χ4n) is 5.84. The second-order valence-corrected chi connectivity index (χ2v) is 12.4. The predicted octanol–water partition coefficient (Wildman–Crippen LogP) is 13.2. The van der Waals surface area contributed by atoms with Crippen molar-refractivity contribution in [2.24, 2.45) is 0 Å². The third-order valence-electron chi connectivity index (χ3n) is 9.26. The molecule has 0 aromatic heterocycles. The van der Waals surface area contributed by atoms with Crippen LogP contribution in [0.15, 0.2) is 146 Å². The Labute approximate surface area is 275 Å². The fourth-order valence-corrected chi connectivity index (χ4v) is 5.84. The van der Waals surface area contributed by atoms with Crippen LogP contribution >= 0.6 is 0 Å². The van der Waals surface area contributed by atoms with Gasteiger partial charge < -0.3 is 10.6 Å². The molecule has 2 atom stereocenters. The maximum absolute atomic E-state index is 3.54. The first kappa shape index (κ1) is 30.9. The minimum atomic E-state index is 0.587. The highest BCUT2D eigenvalue weighted by Gasteiger charge is 2.07. The average molecular weight is 601 g/mol. The van der Waals surface area contributed by atoms with E-state index in [2.05, 4.69) is 184 Å². The van der Waals surface area contributed by atoms with Gasteiger partial charge >= 0.3 is 0 Å². The van der Waals surface area contributed by atoms with E-state index in [1.807, 2.05) is 0 Å². The van der Waals surface area contributed by atoms with Crippen LogP contribution in [0.3, 0.4) is 0 Å². The molecule has 0 saturated heterocycles. The molecule has 0 saturated carbocycles. The maximum Gasteiger partial charge on any atom is 0.0384 e. The summed E-state index contributed by atoms with van der Waals surface area (Å²) in [5.41, 5.74) is 14.4. The molecule has 230 valence electrons. The highest BCUT2D eigenvalue weighted by molar-refractivity contribution is 5.78. The summed E-state index contributed by atoms with van der Waals surface area (Å²) in [4.78, 5) is 0. The zero-order chi connectivity index (χ0) is 31.9. The van der Waals surface area contributed by atoms with Crippen molar-refractivity contribution < 1.29 is 0 Å². The summed E-state index contributed by atoms with van der Waals surface area (Å²) in [7, 11) is 0. The van der Waals surface area contributed by atoms with Crippen molar-refractivity contribution in [1.29, 1.82) is 0 Å². The van der Waals surface area contributed by atoms with E-state index in [1.165, 1.54) is 44.5 Å². The molecule has 0 bridgehead atoms. The molecular weight excluding hydrogens is 556 g/mol. The lowest BCUT2D eigenvalue weighted by molar-refractivity contribution is 0.734. The van der Waals surface area contributed by atoms with Crippen LogP contribution in [0, 0.1) is 0 Å². The van der Waals surface area contributed by atoms with E-state index < -0.39 is 0 Å². The molecule has 0 amide bonds. The van der Waals surface area contributed by atoms with E-state index in [0.29, 0.717) is 11.8 Å². The third-order valence-corrected chi connectivity index (χ3v) is 9.26. The molecule has 46 heavy (non-hydrogen) atoms. The lowest BCUT2D eigenvalue weighted by atomic mass is 9.96. The van der Waals surface area contributed by atoms with E-state index in [-0.39, 0.29) is 0 Å². The number of hydrogen-bond donors (Lipinski definition) is 2. The summed E-state index contributed by atoms with van der Waals surface area (Å²) < 4.78 is 0. The van der Waals surface area contributed by atoms with Crippen molar-refractivity contribution in [2.75, 3.05) is 10.6 Å². The molecule has 0 aliphatic rings. The highest BCUT2D eigenvalue weighted by atomic mass is 14.9. The molecule has 2 heteroatoms. The number of rotatable bonds is 11. The van der Waals surface area contributed by atoms with Gasteiger partial charge in [0.15, 0.2) is 0 Å². The smallest absolute Gasteiger partial charge is 0.0384 e. The van der Waals surface area contributed by atoms with Crippen LogP contribution in [-0.2, 0) is 0 Å². The van der Waals surface area contributed by atoms with Gasteiger partial charge in [-0.2, -0.15) is 0 Å². The number of hydrogen-bond acceptors (Lipinski definition) is 2. The van der Waals surface area contributed by atoms with Crippen LogP contribution in [0.5, 0.6) is 0 Å². The molecule has 6 aromatic rings. The minimum absolute atomic E-state index is 0.587. The van der Waals surface area contributed by atoms with Gasteiger partial charge in [-0.3, -0.25) is 0 Å². The molecule has 0 radical (unpaired) electrons. The maximum atomic E-state index is 3.54. The summed E-state index contributed by atoms with van der Waals surface area (Å²) in [6, 6.07) is 52.7. The zero-order valence-corrected chi connectivity index (χ0v) is 27.4. The van der Waals surface area contributed by atoms with Gasteiger partial charge in [-0.25, -0.2) is 0 Å². The number of nitrogens with one attached hydrogen (secondary N) is 2. The quantitative estimate of drug-likeness (QED) is 0.155. The molecule has 0 heterocycles. The first-order chi connectivity index (χ1) is 22.5. The van der Waals surface area contributed by atoms with Crippen molar-refractivity contribution in [3.8, 4) is 33.4 Å². The highest BCUT2D eigenvalue weighted by Crippen LogP contribution is 2.32. The summed E-state index contributed by atoms with van der Waals surface area (Å²) in [5, 5.41) is 7.09. The lowest BCUT2D eigenvalue weighted by Gasteiger charge is -2.12. The molecule has 6 rings (SSSR count). The summed E-state index contributed by atoms with van der Waals surface area (Å²) >= 11 is 0. The van der Waals surface area contributed by atoms with Crippen LogP contribution in [0.4, 0.5) is 22.7 Å². The standard InChI is InChI=1S/C44H44N2/c1-5-31(3)33-13-21-41(22-14-33)45-43-25-17-35(18-26-43)37-9-7-11-39(29-37)40-12-8-10-38(30-40)36-19-27-44(28-20-36)46-42-23-15-34(16-24-42)32(4)6-2/h7-32,45-46H,5-6H2,1-4H3. The van der Waals surface area contributed by atoms with Crippen LogP contribution in [-0.4, -0.2) is 0 Å². The first-order valence-electron chi connectivity index (χ1n) is 16.6. The van der Waals surface area contributed by atoms with Crippen LogP contribution in [0.25, 0.3) is 33.4 Å². The molecule has 2 unspecified atom stereocenters. The van der Waals surface area contributed by atoms with Crippen molar-refractivity contribution in [1.82, 2.24) is 0 Å².